The molecule has 30 heavy (non-hydrogen) atoms. The number of oxazole rings is 1. The quantitative estimate of drug-likeness (QED) is 0.332. The maximum atomic E-state index is 5.87. The fourth-order valence-electron chi connectivity index (χ4n) is 2.66. The predicted octanol–water partition coefficient (Wildman–Crippen LogP) is 5.12. The summed E-state index contributed by atoms with van der Waals surface area (Å²) in [4.78, 5) is 11.1. The normalized spacial score (nSPS) is 11.9. The van der Waals surface area contributed by atoms with E-state index >= 15 is 0 Å². The first kappa shape index (κ1) is 22.8. The lowest BCUT2D eigenvalue weighted by molar-refractivity contribution is 0.391. The van der Waals surface area contributed by atoms with E-state index in [2.05, 4.69) is 84.6 Å². The largest absolute Gasteiger partial charge is 0.444 e. The van der Waals surface area contributed by atoms with E-state index in [1.807, 2.05) is 12.4 Å². The number of hydrogen-bond acceptors (Lipinski definition) is 8. The molecule has 6 nitrogen and oxygen atoms in total. The van der Waals surface area contributed by atoms with E-state index in [4.69, 9.17) is 4.42 Å². The summed E-state index contributed by atoms with van der Waals surface area (Å²) in [5.74, 6) is 2.37. The van der Waals surface area contributed by atoms with Crippen LogP contribution in [0.1, 0.15) is 38.0 Å². The van der Waals surface area contributed by atoms with E-state index in [0.717, 1.165) is 46.3 Å². The van der Waals surface area contributed by atoms with Gasteiger partial charge in [0.1, 0.15) is 5.76 Å². The molecule has 3 rings (SSSR count). The maximum absolute atomic E-state index is 5.87. The molecule has 0 saturated carbocycles. The SMILES string of the molecule is CN(C)CCNCc1cccc(Nc2ncc(SCc3ncc(C(C)(C)C)o3)s2)c1. The summed E-state index contributed by atoms with van der Waals surface area (Å²) < 4.78 is 7.00. The van der Waals surface area contributed by atoms with Crippen molar-refractivity contribution in [1.82, 2.24) is 20.2 Å². The number of likely N-dealkylation sites (N-methyl/N-ethyl adjacent to an activating group) is 1. The molecular formula is C22H31N5OS2. The molecule has 3 aromatic rings. The van der Waals surface area contributed by atoms with Crippen LogP contribution in [-0.4, -0.2) is 42.1 Å². The number of hydrogen-bond donors (Lipinski definition) is 2. The molecule has 8 heteroatoms. The molecule has 0 spiro atoms. The molecule has 0 amide bonds. The van der Waals surface area contributed by atoms with Crippen molar-refractivity contribution in [2.24, 2.45) is 0 Å². The van der Waals surface area contributed by atoms with Crippen LogP contribution in [0.2, 0.25) is 0 Å². The molecule has 0 fully saturated rings. The molecule has 0 bridgehead atoms. The van der Waals surface area contributed by atoms with Crippen LogP contribution in [0.3, 0.4) is 0 Å². The van der Waals surface area contributed by atoms with Gasteiger partial charge in [0, 0.05) is 30.7 Å². The van der Waals surface area contributed by atoms with Crippen molar-refractivity contribution in [2.75, 3.05) is 32.5 Å². The van der Waals surface area contributed by atoms with Crippen LogP contribution in [0, 0.1) is 0 Å². The smallest absolute Gasteiger partial charge is 0.204 e. The highest BCUT2D eigenvalue weighted by Gasteiger charge is 2.19. The van der Waals surface area contributed by atoms with Crippen LogP contribution in [-0.2, 0) is 17.7 Å². The third-order valence-electron chi connectivity index (χ3n) is 4.36. The van der Waals surface area contributed by atoms with Crippen LogP contribution in [0.4, 0.5) is 10.8 Å². The van der Waals surface area contributed by atoms with E-state index < -0.39 is 0 Å². The molecular weight excluding hydrogens is 414 g/mol. The Morgan fingerprint density at radius 3 is 2.73 bits per heavy atom. The zero-order valence-electron chi connectivity index (χ0n) is 18.4. The van der Waals surface area contributed by atoms with Crippen molar-refractivity contribution in [3.63, 3.8) is 0 Å². The second-order valence-electron chi connectivity index (χ2n) is 8.45. The first-order valence-electron chi connectivity index (χ1n) is 10.0. The molecule has 2 aromatic heterocycles. The molecule has 0 saturated heterocycles. The maximum Gasteiger partial charge on any atom is 0.204 e. The molecule has 2 N–H and O–H groups in total. The van der Waals surface area contributed by atoms with Crippen LogP contribution in [0.5, 0.6) is 0 Å². The van der Waals surface area contributed by atoms with Crippen molar-refractivity contribution in [3.05, 3.63) is 53.9 Å². The molecule has 0 aliphatic heterocycles. The second-order valence-corrected chi connectivity index (χ2v) is 10.8. The third kappa shape index (κ3) is 7.12. The van der Waals surface area contributed by atoms with Gasteiger partial charge >= 0.3 is 0 Å². The second kappa shape index (κ2) is 10.4. The van der Waals surface area contributed by atoms with E-state index in [1.165, 1.54) is 5.56 Å². The van der Waals surface area contributed by atoms with Gasteiger partial charge in [-0.3, -0.25) is 0 Å². The number of anilines is 2. The van der Waals surface area contributed by atoms with Crippen LogP contribution >= 0.6 is 23.1 Å². The number of benzene rings is 1. The standard InChI is InChI=1S/C22H31N5OS2/c1-22(2,3)18-13-24-19(28-18)15-29-20-14-25-21(30-20)26-17-8-6-7-16(11-17)12-23-9-10-27(4)5/h6-8,11,13-14,23H,9-10,12,15H2,1-5H3,(H,25,26). The minimum Gasteiger partial charge on any atom is -0.444 e. The topological polar surface area (TPSA) is 66.2 Å². The molecule has 0 atom stereocenters. The number of rotatable bonds is 10. The zero-order valence-corrected chi connectivity index (χ0v) is 20.0. The molecule has 162 valence electrons. The van der Waals surface area contributed by atoms with Crippen LogP contribution in [0.15, 0.2) is 45.3 Å². The Morgan fingerprint density at radius 1 is 1.17 bits per heavy atom. The van der Waals surface area contributed by atoms with Gasteiger partial charge in [0.2, 0.25) is 5.89 Å². The average Bonchev–Trinajstić information content (AvgIpc) is 3.33. The fraction of sp³-hybridized carbons (Fsp3) is 0.455. The lowest BCUT2D eigenvalue weighted by atomic mass is 9.94. The summed E-state index contributed by atoms with van der Waals surface area (Å²) in [5, 5.41) is 7.77. The highest BCUT2D eigenvalue weighted by Crippen LogP contribution is 2.33. The predicted molar refractivity (Wildman–Crippen MR) is 127 cm³/mol. The summed E-state index contributed by atoms with van der Waals surface area (Å²) in [6, 6.07) is 8.44. The van der Waals surface area contributed by atoms with E-state index in [0.29, 0.717) is 5.75 Å². The Kier molecular flexibility index (Phi) is 7.93. The van der Waals surface area contributed by atoms with Gasteiger partial charge in [0.25, 0.3) is 0 Å². The average molecular weight is 446 g/mol. The molecule has 0 aliphatic rings. The lowest BCUT2D eigenvalue weighted by Crippen LogP contribution is -2.26. The van der Waals surface area contributed by atoms with Gasteiger partial charge in [-0.15, -0.1) is 11.8 Å². The number of nitrogens with one attached hydrogen (secondary N) is 2. The molecule has 0 aliphatic carbocycles. The van der Waals surface area contributed by atoms with Gasteiger partial charge in [-0.25, -0.2) is 9.97 Å². The number of thioether (sulfide) groups is 1. The van der Waals surface area contributed by atoms with E-state index in [-0.39, 0.29) is 5.41 Å². The minimum absolute atomic E-state index is 0.0199. The summed E-state index contributed by atoms with van der Waals surface area (Å²) >= 11 is 3.33. The van der Waals surface area contributed by atoms with Crippen molar-refractivity contribution in [1.29, 1.82) is 0 Å². The molecule has 2 heterocycles. The Bertz CT molecular complexity index is 930. The molecule has 0 unspecified atom stereocenters. The van der Waals surface area contributed by atoms with Gasteiger partial charge in [-0.1, -0.05) is 44.2 Å². The minimum atomic E-state index is -0.0199. The highest BCUT2D eigenvalue weighted by molar-refractivity contribution is 8.00. The van der Waals surface area contributed by atoms with Crippen molar-refractivity contribution >= 4 is 33.9 Å². The summed E-state index contributed by atoms with van der Waals surface area (Å²) in [6.45, 7) is 9.23. The fourth-order valence-corrected chi connectivity index (χ4v) is 4.40. The Balaban J connectivity index is 1.50. The Morgan fingerprint density at radius 2 is 2.00 bits per heavy atom. The third-order valence-corrected chi connectivity index (χ3v) is 6.45. The molecule has 1 aromatic carbocycles. The molecule has 0 radical (unpaired) electrons. The van der Waals surface area contributed by atoms with Gasteiger partial charge < -0.3 is 20.0 Å². The van der Waals surface area contributed by atoms with Gasteiger partial charge in [-0.05, 0) is 31.8 Å². The van der Waals surface area contributed by atoms with Crippen molar-refractivity contribution < 1.29 is 4.42 Å². The van der Waals surface area contributed by atoms with E-state index in [9.17, 15) is 0 Å². The first-order chi connectivity index (χ1) is 14.3. The van der Waals surface area contributed by atoms with Gasteiger partial charge in [0.15, 0.2) is 5.13 Å². The van der Waals surface area contributed by atoms with E-state index in [1.54, 1.807) is 23.1 Å². The highest BCUT2D eigenvalue weighted by atomic mass is 32.2. The van der Waals surface area contributed by atoms with Gasteiger partial charge in [-0.2, -0.15) is 0 Å². The first-order valence-corrected chi connectivity index (χ1v) is 11.8. The Hall–Kier alpha value is -1.87. The number of thiazole rings is 1. The summed E-state index contributed by atoms with van der Waals surface area (Å²) in [6.07, 6.45) is 3.73. The monoisotopic (exact) mass is 445 g/mol. The van der Waals surface area contributed by atoms with Crippen molar-refractivity contribution in [2.45, 2.75) is 42.7 Å². The zero-order chi connectivity index (χ0) is 21.6. The Labute approximate surface area is 187 Å². The van der Waals surface area contributed by atoms with Gasteiger partial charge in [0.05, 0.1) is 22.4 Å². The number of aromatic nitrogens is 2. The van der Waals surface area contributed by atoms with Crippen molar-refractivity contribution in [3.8, 4) is 0 Å². The van der Waals surface area contributed by atoms with Crippen LogP contribution < -0.4 is 10.6 Å². The summed E-state index contributed by atoms with van der Waals surface area (Å²) in [7, 11) is 4.17. The summed E-state index contributed by atoms with van der Waals surface area (Å²) in [5.41, 5.74) is 2.28. The van der Waals surface area contributed by atoms with Crippen LogP contribution in [0.25, 0.3) is 0 Å². The lowest BCUT2D eigenvalue weighted by Gasteiger charge is -2.12. The number of nitrogens with zero attached hydrogens (tertiary/aromatic N) is 3.